The van der Waals surface area contributed by atoms with Crippen LogP contribution < -0.4 is 10.6 Å². The Hall–Kier alpha value is -3.75. The number of amides is 3. The molecule has 4 rings (SSSR count). The van der Waals surface area contributed by atoms with E-state index in [1.807, 2.05) is 43.3 Å². The highest BCUT2D eigenvalue weighted by Crippen LogP contribution is 2.20. The van der Waals surface area contributed by atoms with Crippen molar-refractivity contribution in [2.75, 3.05) is 13.2 Å². The molecule has 2 heterocycles. The Morgan fingerprint density at radius 1 is 1.03 bits per heavy atom. The zero-order valence-electron chi connectivity index (χ0n) is 21.0. The Morgan fingerprint density at radius 2 is 1.75 bits per heavy atom. The molecule has 1 saturated carbocycles. The summed E-state index contributed by atoms with van der Waals surface area (Å²) in [5.41, 5.74) is 3.03. The highest BCUT2D eigenvalue weighted by Gasteiger charge is 2.40. The van der Waals surface area contributed by atoms with Gasteiger partial charge in [-0.15, -0.1) is 0 Å². The number of benzene rings is 1. The molecule has 1 aromatic carbocycles. The molecule has 2 aromatic rings. The normalized spacial score (nSPS) is 18.6. The molecule has 1 aliphatic heterocycles. The second kappa shape index (κ2) is 12.8. The summed E-state index contributed by atoms with van der Waals surface area (Å²) in [5.74, 6) is -1.69. The molecule has 192 valence electrons. The van der Waals surface area contributed by atoms with Gasteiger partial charge in [-0.1, -0.05) is 42.0 Å². The first-order valence-electron chi connectivity index (χ1n) is 12.2. The van der Waals surface area contributed by atoms with Crippen LogP contribution in [-0.2, 0) is 25.5 Å². The zero-order chi connectivity index (χ0) is 26.1. The predicted molar refractivity (Wildman–Crippen MR) is 134 cm³/mol. The molecule has 2 N–H and O–H groups in total. The monoisotopic (exact) mass is 494 g/mol. The number of Topliss-reactive ketones (excluding diaryl/α,β-unsaturated/α-hetero) is 1. The maximum absolute atomic E-state index is 12.5. The topological polar surface area (TPSA) is 118 Å². The van der Waals surface area contributed by atoms with Gasteiger partial charge in [-0.05, 0) is 52.2 Å². The van der Waals surface area contributed by atoms with Crippen LogP contribution in [-0.4, -0.2) is 64.9 Å². The summed E-state index contributed by atoms with van der Waals surface area (Å²) in [6.45, 7) is 5.60. The van der Waals surface area contributed by atoms with Gasteiger partial charge in [0.05, 0.1) is 13.2 Å². The summed E-state index contributed by atoms with van der Waals surface area (Å²) in [5, 5.41) is 5.17. The van der Waals surface area contributed by atoms with E-state index >= 15 is 0 Å². The first kappa shape index (κ1) is 26.8. The number of pyridine rings is 1. The third-order valence-electron chi connectivity index (χ3n) is 5.94. The second-order valence-electron chi connectivity index (χ2n) is 9.23. The van der Waals surface area contributed by atoms with Crippen LogP contribution in [0.3, 0.4) is 0 Å². The molecule has 0 bridgehead atoms. The van der Waals surface area contributed by atoms with Crippen molar-refractivity contribution in [2.45, 2.75) is 64.6 Å². The molecular weight excluding hydrogens is 460 g/mol. The Labute approximate surface area is 211 Å². The average molecular weight is 495 g/mol. The van der Waals surface area contributed by atoms with E-state index in [4.69, 9.17) is 4.74 Å². The molecule has 1 aromatic heterocycles. The average Bonchev–Trinajstić information content (AvgIpc) is 3.62. The second-order valence-corrected chi connectivity index (χ2v) is 9.23. The standard InChI is InChI=1S/C20H26N4O5.C7H8/c1-12-4-3-5-14(21-12)8-9-29-20(28)23-16-10-13(2)24(19(16)27)11-17(25)18(26)22-15-6-7-15;1-7-5-3-2-4-6-7/h3-5,13,15-16H,6-11H2,1-2H3,(H,22,26)(H,23,28);2-6H,1H3. The van der Waals surface area contributed by atoms with E-state index in [0.29, 0.717) is 12.8 Å². The van der Waals surface area contributed by atoms with Crippen molar-refractivity contribution in [1.82, 2.24) is 20.5 Å². The van der Waals surface area contributed by atoms with Crippen LogP contribution in [0.5, 0.6) is 0 Å². The van der Waals surface area contributed by atoms with Crippen LogP contribution in [0.2, 0.25) is 0 Å². The molecule has 3 amide bonds. The number of aromatic nitrogens is 1. The number of ether oxygens (including phenoxy) is 1. The van der Waals surface area contributed by atoms with E-state index in [1.54, 1.807) is 6.92 Å². The lowest BCUT2D eigenvalue weighted by atomic mass is 10.2. The number of aryl methyl sites for hydroxylation is 2. The van der Waals surface area contributed by atoms with Gasteiger partial charge in [-0.25, -0.2) is 4.79 Å². The Balaban J connectivity index is 0.000000444. The number of carbonyl (C=O) groups excluding carboxylic acids is 4. The molecule has 9 heteroatoms. The fraction of sp³-hybridized carbons (Fsp3) is 0.444. The maximum atomic E-state index is 12.5. The van der Waals surface area contributed by atoms with Gasteiger partial charge in [0.1, 0.15) is 6.04 Å². The predicted octanol–water partition coefficient (Wildman–Crippen LogP) is 2.49. The van der Waals surface area contributed by atoms with Crippen molar-refractivity contribution in [2.24, 2.45) is 0 Å². The number of hydrogen-bond acceptors (Lipinski definition) is 6. The van der Waals surface area contributed by atoms with Crippen LogP contribution >= 0.6 is 0 Å². The number of ketones is 1. The lowest BCUT2D eigenvalue weighted by molar-refractivity contribution is -0.141. The molecule has 2 atom stereocenters. The highest BCUT2D eigenvalue weighted by atomic mass is 16.5. The number of carbonyl (C=O) groups is 4. The Morgan fingerprint density at radius 3 is 2.36 bits per heavy atom. The molecule has 1 saturated heterocycles. The Kier molecular flexibility index (Phi) is 9.55. The van der Waals surface area contributed by atoms with Crippen LogP contribution in [0.15, 0.2) is 48.5 Å². The third-order valence-corrected chi connectivity index (χ3v) is 5.94. The summed E-state index contributed by atoms with van der Waals surface area (Å²) >= 11 is 0. The summed E-state index contributed by atoms with van der Waals surface area (Å²) in [7, 11) is 0. The molecular formula is C27H34N4O5. The summed E-state index contributed by atoms with van der Waals surface area (Å²) < 4.78 is 5.14. The lowest BCUT2D eigenvalue weighted by Gasteiger charge is -2.20. The quantitative estimate of drug-likeness (QED) is 0.545. The fourth-order valence-corrected chi connectivity index (χ4v) is 3.77. The molecule has 0 spiro atoms. The van der Waals surface area contributed by atoms with Gasteiger partial charge >= 0.3 is 6.09 Å². The first-order chi connectivity index (χ1) is 17.2. The smallest absolute Gasteiger partial charge is 0.407 e. The molecule has 1 aliphatic carbocycles. The van der Waals surface area contributed by atoms with Crippen LogP contribution in [0.4, 0.5) is 4.79 Å². The molecule has 0 radical (unpaired) electrons. The summed E-state index contributed by atoms with van der Waals surface area (Å²) in [6.07, 6.45) is 1.90. The third kappa shape index (κ3) is 8.48. The molecule has 2 unspecified atom stereocenters. The minimum Gasteiger partial charge on any atom is -0.449 e. The number of likely N-dealkylation sites (tertiary alicyclic amines) is 1. The fourth-order valence-electron chi connectivity index (χ4n) is 3.77. The Bertz CT molecular complexity index is 1070. The van der Waals surface area contributed by atoms with Crippen molar-refractivity contribution in [3.05, 3.63) is 65.5 Å². The largest absolute Gasteiger partial charge is 0.449 e. The van der Waals surface area contributed by atoms with Crippen molar-refractivity contribution in [3.8, 4) is 0 Å². The van der Waals surface area contributed by atoms with Gasteiger partial charge in [0, 0.05) is 29.9 Å². The molecule has 9 nitrogen and oxygen atoms in total. The summed E-state index contributed by atoms with van der Waals surface area (Å²) in [4.78, 5) is 54.1. The van der Waals surface area contributed by atoms with Gasteiger partial charge < -0.3 is 20.3 Å². The minimum atomic E-state index is -0.770. The number of nitrogens with zero attached hydrogens (tertiary/aromatic N) is 2. The van der Waals surface area contributed by atoms with Gasteiger partial charge in [0.25, 0.3) is 5.91 Å². The van der Waals surface area contributed by atoms with Crippen molar-refractivity contribution >= 4 is 23.7 Å². The maximum Gasteiger partial charge on any atom is 0.407 e. The van der Waals surface area contributed by atoms with Gasteiger partial charge in [-0.3, -0.25) is 19.4 Å². The van der Waals surface area contributed by atoms with Crippen molar-refractivity contribution < 1.29 is 23.9 Å². The van der Waals surface area contributed by atoms with E-state index in [1.165, 1.54) is 10.5 Å². The summed E-state index contributed by atoms with van der Waals surface area (Å²) in [6, 6.07) is 14.9. The SMILES string of the molecule is Cc1cccc(CCOC(=O)NC2CC(C)N(CC(=O)C(=O)NC3CC3)C2=O)n1.Cc1ccccc1. The number of hydrogen-bond donors (Lipinski definition) is 2. The molecule has 2 aliphatic rings. The van der Waals surface area contributed by atoms with E-state index < -0.39 is 23.8 Å². The van der Waals surface area contributed by atoms with E-state index in [9.17, 15) is 19.2 Å². The zero-order valence-corrected chi connectivity index (χ0v) is 21.0. The van der Waals surface area contributed by atoms with Crippen molar-refractivity contribution in [1.29, 1.82) is 0 Å². The molecule has 36 heavy (non-hydrogen) atoms. The molecule has 2 fully saturated rings. The van der Waals surface area contributed by atoms with E-state index in [-0.39, 0.29) is 31.1 Å². The van der Waals surface area contributed by atoms with Crippen molar-refractivity contribution in [3.63, 3.8) is 0 Å². The number of nitrogens with one attached hydrogen (secondary N) is 2. The lowest BCUT2D eigenvalue weighted by Crippen LogP contribution is -2.46. The van der Waals surface area contributed by atoms with E-state index in [0.717, 1.165) is 24.2 Å². The van der Waals surface area contributed by atoms with Gasteiger partial charge in [0.2, 0.25) is 11.7 Å². The highest BCUT2D eigenvalue weighted by molar-refractivity contribution is 6.37. The van der Waals surface area contributed by atoms with Gasteiger partial charge in [0.15, 0.2) is 0 Å². The first-order valence-corrected chi connectivity index (χ1v) is 12.2. The van der Waals surface area contributed by atoms with E-state index in [2.05, 4.69) is 34.7 Å². The number of alkyl carbamates (subject to hydrolysis) is 1. The van der Waals surface area contributed by atoms with Crippen LogP contribution in [0.1, 0.15) is 43.1 Å². The number of rotatable bonds is 8. The minimum absolute atomic E-state index is 0.0809. The van der Waals surface area contributed by atoms with Gasteiger partial charge in [-0.2, -0.15) is 0 Å². The van der Waals surface area contributed by atoms with Crippen LogP contribution in [0.25, 0.3) is 0 Å². The van der Waals surface area contributed by atoms with Crippen LogP contribution in [0, 0.1) is 13.8 Å².